The number of carbonyl (C=O) groups is 1. The number of carboxylic acids is 1. The third kappa shape index (κ3) is 3.49. The molecule has 0 heterocycles. The first kappa shape index (κ1) is 23.5. The number of hydrogen-bond donors (Lipinski definition) is 2. The first-order chi connectivity index (χ1) is 14.6. The molecule has 0 aromatic carbocycles. The van der Waals surface area contributed by atoms with E-state index in [4.69, 9.17) is 5.11 Å². The summed E-state index contributed by atoms with van der Waals surface area (Å²) in [6.45, 7) is 11.3. The van der Waals surface area contributed by atoms with E-state index in [2.05, 4.69) is 34.6 Å². The quantitative estimate of drug-likeness (QED) is 0.529. The Morgan fingerprint density at radius 1 is 1.10 bits per heavy atom. The smallest absolute Gasteiger partial charge is 0.303 e. The highest BCUT2D eigenvalue weighted by molar-refractivity contribution is 5.66. The Morgan fingerprint density at radius 3 is 2.39 bits per heavy atom. The lowest BCUT2D eigenvalue weighted by Crippen LogP contribution is -2.64. The van der Waals surface area contributed by atoms with Crippen LogP contribution in [0.25, 0.3) is 0 Å². The molecule has 4 fully saturated rings. The zero-order valence-electron chi connectivity index (χ0n) is 20.3. The van der Waals surface area contributed by atoms with Crippen LogP contribution in [0.3, 0.4) is 0 Å². The van der Waals surface area contributed by atoms with Gasteiger partial charge in [-0.15, -0.1) is 0 Å². The molecular weight excluding hydrogens is 391 g/mol. The number of aliphatic carboxylic acids is 1. The highest BCUT2D eigenvalue weighted by Gasteiger charge is 2.66. The lowest BCUT2D eigenvalue weighted by Gasteiger charge is -2.65. The fourth-order valence-electron chi connectivity index (χ4n) is 9.70. The van der Waals surface area contributed by atoms with E-state index < -0.39 is 18.2 Å². The minimum atomic E-state index is -0.792. The second-order valence-electron chi connectivity index (χ2n) is 12.5. The Hall–Kier alpha value is -0.640. The van der Waals surface area contributed by atoms with Crippen LogP contribution in [-0.4, -0.2) is 28.5 Å². The van der Waals surface area contributed by atoms with Gasteiger partial charge >= 0.3 is 5.97 Å². The predicted octanol–water partition coefficient (Wildman–Crippen LogP) is 6.34. The van der Waals surface area contributed by atoms with Crippen molar-refractivity contribution >= 4 is 5.97 Å². The minimum Gasteiger partial charge on any atom is -0.481 e. The molecule has 5 unspecified atom stereocenters. The largest absolute Gasteiger partial charge is 0.481 e. The van der Waals surface area contributed by atoms with Crippen molar-refractivity contribution in [2.75, 3.05) is 0 Å². The van der Waals surface area contributed by atoms with E-state index >= 15 is 4.39 Å². The Balaban J connectivity index is 1.64. The molecular formula is C27H45FO3. The summed E-state index contributed by atoms with van der Waals surface area (Å²) in [5.74, 6) is 1.60. The van der Waals surface area contributed by atoms with Gasteiger partial charge < -0.3 is 10.2 Å². The molecule has 0 aromatic heterocycles. The molecule has 4 saturated carbocycles. The van der Waals surface area contributed by atoms with Crippen LogP contribution in [-0.2, 0) is 4.79 Å². The van der Waals surface area contributed by atoms with Crippen LogP contribution in [0.5, 0.6) is 0 Å². The number of rotatable bonds is 5. The van der Waals surface area contributed by atoms with Crippen molar-refractivity contribution in [3.8, 4) is 0 Å². The lowest BCUT2D eigenvalue weighted by atomic mass is 9.40. The molecule has 0 spiro atoms. The number of aliphatic hydroxyl groups excluding tert-OH is 1. The summed E-state index contributed by atoms with van der Waals surface area (Å²) in [5.41, 5.74) is 0.184. The van der Waals surface area contributed by atoms with Crippen molar-refractivity contribution in [1.29, 1.82) is 0 Å². The maximum absolute atomic E-state index is 15.6. The summed E-state index contributed by atoms with van der Waals surface area (Å²) in [5, 5.41) is 20.9. The van der Waals surface area contributed by atoms with Gasteiger partial charge in [-0.1, -0.05) is 41.0 Å². The molecule has 0 radical (unpaired) electrons. The second kappa shape index (κ2) is 8.29. The van der Waals surface area contributed by atoms with Gasteiger partial charge in [0.1, 0.15) is 6.17 Å². The molecule has 0 amide bonds. The number of halogens is 1. The predicted molar refractivity (Wildman–Crippen MR) is 121 cm³/mol. The number of fused-ring (bicyclic) bond motifs is 5. The van der Waals surface area contributed by atoms with Gasteiger partial charge in [-0.05, 0) is 97.2 Å². The summed E-state index contributed by atoms with van der Waals surface area (Å²) in [6, 6.07) is 0. The maximum atomic E-state index is 15.6. The third-order valence-electron chi connectivity index (χ3n) is 11.3. The first-order valence-corrected chi connectivity index (χ1v) is 13.1. The molecule has 3 nitrogen and oxygen atoms in total. The maximum Gasteiger partial charge on any atom is 0.303 e. The van der Waals surface area contributed by atoms with Crippen molar-refractivity contribution in [2.45, 2.75) is 105 Å². The van der Waals surface area contributed by atoms with Crippen LogP contribution in [0, 0.1) is 58.2 Å². The van der Waals surface area contributed by atoms with Gasteiger partial charge in [0.25, 0.3) is 0 Å². The van der Waals surface area contributed by atoms with Crippen molar-refractivity contribution in [3.63, 3.8) is 0 Å². The fraction of sp³-hybridized carbons (Fsp3) is 0.963. The van der Waals surface area contributed by atoms with Crippen LogP contribution in [0.1, 0.15) is 92.4 Å². The topological polar surface area (TPSA) is 57.5 Å². The summed E-state index contributed by atoms with van der Waals surface area (Å²) in [4.78, 5) is 11.1. The van der Waals surface area contributed by atoms with Gasteiger partial charge in [-0.2, -0.15) is 0 Å². The number of hydrogen-bond acceptors (Lipinski definition) is 2. The average Bonchev–Trinajstić information content (AvgIpc) is 3.08. The molecule has 4 rings (SSSR count). The van der Waals surface area contributed by atoms with Gasteiger partial charge in [-0.3, -0.25) is 4.79 Å². The van der Waals surface area contributed by atoms with E-state index in [0.717, 1.165) is 51.4 Å². The molecule has 31 heavy (non-hydrogen) atoms. The number of aliphatic hydroxyl groups is 1. The molecule has 2 N–H and O–H groups in total. The van der Waals surface area contributed by atoms with Crippen LogP contribution < -0.4 is 0 Å². The van der Waals surface area contributed by atoms with E-state index in [-0.39, 0.29) is 40.9 Å². The van der Waals surface area contributed by atoms with E-state index in [1.54, 1.807) is 0 Å². The van der Waals surface area contributed by atoms with Crippen molar-refractivity contribution in [3.05, 3.63) is 0 Å². The highest BCUT2D eigenvalue weighted by atomic mass is 19.1. The Bertz CT molecular complexity index is 681. The normalized spacial score (nSPS) is 52.7. The third-order valence-corrected chi connectivity index (χ3v) is 11.3. The lowest BCUT2D eigenvalue weighted by molar-refractivity contribution is -0.215. The van der Waals surface area contributed by atoms with Crippen LogP contribution in [0.2, 0.25) is 0 Å². The van der Waals surface area contributed by atoms with Crippen LogP contribution in [0.4, 0.5) is 4.39 Å². The average molecular weight is 437 g/mol. The van der Waals surface area contributed by atoms with E-state index in [9.17, 15) is 9.90 Å². The number of alkyl halides is 1. The summed E-state index contributed by atoms with van der Waals surface area (Å²) in [7, 11) is 0. The van der Waals surface area contributed by atoms with E-state index in [1.165, 1.54) is 0 Å². The van der Waals surface area contributed by atoms with E-state index in [0.29, 0.717) is 23.7 Å². The fourth-order valence-corrected chi connectivity index (χ4v) is 9.70. The van der Waals surface area contributed by atoms with Crippen LogP contribution >= 0.6 is 0 Å². The molecule has 178 valence electrons. The summed E-state index contributed by atoms with van der Waals surface area (Å²) in [6.07, 6.45) is 7.29. The van der Waals surface area contributed by atoms with Gasteiger partial charge in [0.2, 0.25) is 0 Å². The SMILES string of the molecule is CC[C@H]1C(O)C2C3CCC([C@H](C)CCC(=O)O)[C@@]3(C)CCC2[C@@]2(C)CC[C@@H](C)[C@H](F)[C@@H]12. The minimum absolute atomic E-state index is 0.00480. The standard InChI is InChI=1S/C27H45FO3/c1-6-17-23-24(28)16(3)11-13-27(23,5)20-12-14-26(4)18(15(2)7-10-21(29)30)8-9-19(26)22(20)25(17)31/h15-20,22-25,31H,6-14H2,1-5H3,(H,29,30)/t15-,16-,17-,18?,19?,20?,22?,23-,24+,25?,26-,27-/m1/s1. The molecule has 0 aliphatic heterocycles. The Kier molecular flexibility index (Phi) is 6.29. The Labute approximate surface area is 188 Å². The summed E-state index contributed by atoms with van der Waals surface area (Å²) < 4.78 is 15.6. The molecule has 4 aliphatic carbocycles. The second-order valence-corrected chi connectivity index (χ2v) is 12.5. The molecule has 4 aliphatic rings. The van der Waals surface area contributed by atoms with Gasteiger partial charge in [0, 0.05) is 12.3 Å². The number of carboxylic acid groups (broad SMARTS) is 1. The monoisotopic (exact) mass is 436 g/mol. The van der Waals surface area contributed by atoms with Gasteiger partial charge in [0.15, 0.2) is 0 Å². The van der Waals surface area contributed by atoms with Crippen molar-refractivity contribution in [2.24, 2.45) is 58.2 Å². The van der Waals surface area contributed by atoms with Crippen LogP contribution in [0.15, 0.2) is 0 Å². The van der Waals surface area contributed by atoms with Crippen molar-refractivity contribution in [1.82, 2.24) is 0 Å². The summed E-state index contributed by atoms with van der Waals surface area (Å²) >= 11 is 0. The van der Waals surface area contributed by atoms with Crippen molar-refractivity contribution < 1.29 is 19.4 Å². The zero-order chi connectivity index (χ0) is 22.7. The molecule has 12 atom stereocenters. The van der Waals surface area contributed by atoms with Gasteiger partial charge in [-0.25, -0.2) is 4.39 Å². The molecule has 0 saturated heterocycles. The molecule has 4 heteroatoms. The van der Waals surface area contributed by atoms with Gasteiger partial charge in [0.05, 0.1) is 6.10 Å². The first-order valence-electron chi connectivity index (χ1n) is 13.1. The Morgan fingerprint density at radius 2 is 1.74 bits per heavy atom. The van der Waals surface area contributed by atoms with E-state index in [1.807, 2.05) is 0 Å². The highest BCUT2D eigenvalue weighted by Crippen LogP contribution is 2.70. The molecule has 0 bridgehead atoms. The zero-order valence-corrected chi connectivity index (χ0v) is 20.3. The molecule has 0 aromatic rings.